The van der Waals surface area contributed by atoms with Gasteiger partial charge in [0.05, 0.1) is 11.6 Å². The second-order valence-electron chi connectivity index (χ2n) is 3.85. The van der Waals surface area contributed by atoms with Gasteiger partial charge in [-0.2, -0.15) is 0 Å². The van der Waals surface area contributed by atoms with E-state index >= 15 is 0 Å². The molecule has 0 bridgehead atoms. The minimum absolute atomic E-state index is 0.283. The van der Waals surface area contributed by atoms with Crippen LogP contribution in [0.4, 0.5) is 5.13 Å². The number of aromatic nitrogens is 1. The number of carbonyl (C=O) groups is 2. The number of anilines is 1. The predicted molar refractivity (Wildman–Crippen MR) is 77.4 cm³/mol. The fourth-order valence-corrected chi connectivity index (χ4v) is 2.37. The lowest BCUT2D eigenvalue weighted by molar-refractivity contribution is -0.131. The molecule has 0 saturated heterocycles. The molecule has 1 amide bonds. The highest BCUT2D eigenvalue weighted by atomic mass is 35.5. The summed E-state index contributed by atoms with van der Waals surface area (Å²) in [6, 6.07) is 6.26. The SMILES string of the molecule is CC(=O)Oc1ccc(C(=O)Nc2nc(CCl)cs2)cc1. The molecule has 0 saturated carbocycles. The van der Waals surface area contributed by atoms with Crippen LogP contribution in [0.1, 0.15) is 23.0 Å². The second-order valence-corrected chi connectivity index (χ2v) is 4.98. The molecule has 0 atom stereocenters. The summed E-state index contributed by atoms with van der Waals surface area (Å²) in [4.78, 5) is 26.9. The van der Waals surface area contributed by atoms with Crippen molar-refractivity contribution in [1.82, 2.24) is 4.98 Å². The number of nitrogens with one attached hydrogen (secondary N) is 1. The Hall–Kier alpha value is -1.92. The lowest BCUT2D eigenvalue weighted by Crippen LogP contribution is -2.11. The second kappa shape index (κ2) is 6.49. The summed E-state index contributed by atoms with van der Waals surface area (Å²) >= 11 is 6.95. The molecule has 20 heavy (non-hydrogen) atoms. The maximum Gasteiger partial charge on any atom is 0.308 e. The summed E-state index contributed by atoms with van der Waals surface area (Å²) in [7, 11) is 0. The Kier molecular flexibility index (Phi) is 4.70. The highest BCUT2D eigenvalue weighted by molar-refractivity contribution is 7.14. The van der Waals surface area contributed by atoms with E-state index in [1.54, 1.807) is 29.6 Å². The summed E-state index contributed by atoms with van der Waals surface area (Å²) in [5, 5.41) is 4.95. The van der Waals surface area contributed by atoms with Gasteiger partial charge in [0, 0.05) is 17.9 Å². The third kappa shape index (κ3) is 3.79. The van der Waals surface area contributed by atoms with Crippen LogP contribution in [0.15, 0.2) is 29.6 Å². The van der Waals surface area contributed by atoms with Crippen LogP contribution < -0.4 is 10.1 Å². The summed E-state index contributed by atoms with van der Waals surface area (Å²) in [5.41, 5.74) is 1.17. The van der Waals surface area contributed by atoms with Crippen LogP contribution in [0.3, 0.4) is 0 Å². The van der Waals surface area contributed by atoms with Crippen LogP contribution in [0.2, 0.25) is 0 Å². The van der Waals surface area contributed by atoms with Crippen LogP contribution in [0.5, 0.6) is 5.75 Å². The topological polar surface area (TPSA) is 68.3 Å². The van der Waals surface area contributed by atoms with Gasteiger partial charge < -0.3 is 4.74 Å². The van der Waals surface area contributed by atoms with E-state index in [2.05, 4.69) is 10.3 Å². The van der Waals surface area contributed by atoms with E-state index in [1.807, 2.05) is 0 Å². The number of ether oxygens (including phenoxy) is 1. The van der Waals surface area contributed by atoms with Gasteiger partial charge in [-0.1, -0.05) is 0 Å². The van der Waals surface area contributed by atoms with Crippen molar-refractivity contribution >= 4 is 39.9 Å². The van der Waals surface area contributed by atoms with E-state index in [0.29, 0.717) is 22.3 Å². The van der Waals surface area contributed by atoms with Crippen molar-refractivity contribution in [3.05, 3.63) is 40.9 Å². The van der Waals surface area contributed by atoms with Gasteiger partial charge in [0.2, 0.25) is 0 Å². The molecule has 5 nitrogen and oxygen atoms in total. The van der Waals surface area contributed by atoms with Gasteiger partial charge in [0.15, 0.2) is 5.13 Å². The zero-order chi connectivity index (χ0) is 14.5. The molecule has 1 N–H and O–H groups in total. The van der Waals surface area contributed by atoms with Gasteiger partial charge in [0.1, 0.15) is 5.75 Å². The van der Waals surface area contributed by atoms with Crippen LogP contribution >= 0.6 is 22.9 Å². The van der Waals surface area contributed by atoms with E-state index in [4.69, 9.17) is 16.3 Å². The minimum atomic E-state index is -0.404. The summed E-state index contributed by atoms with van der Waals surface area (Å²) < 4.78 is 4.89. The number of alkyl halides is 1. The number of rotatable bonds is 4. The molecule has 0 aliphatic heterocycles. The van der Waals surface area contributed by atoms with Crippen molar-refractivity contribution in [3.63, 3.8) is 0 Å². The fourth-order valence-electron chi connectivity index (χ4n) is 1.44. The maximum atomic E-state index is 12.0. The first-order valence-electron chi connectivity index (χ1n) is 5.68. The van der Waals surface area contributed by atoms with Gasteiger partial charge in [-0.3, -0.25) is 14.9 Å². The number of thiazole rings is 1. The lowest BCUT2D eigenvalue weighted by atomic mass is 10.2. The first-order valence-corrected chi connectivity index (χ1v) is 7.10. The fraction of sp³-hybridized carbons (Fsp3) is 0.154. The molecule has 0 aliphatic rings. The third-order valence-electron chi connectivity index (χ3n) is 2.29. The summed E-state index contributed by atoms with van der Waals surface area (Å²) in [6.45, 7) is 1.32. The normalized spacial score (nSPS) is 10.1. The molecule has 104 valence electrons. The van der Waals surface area contributed by atoms with Crippen molar-refractivity contribution in [2.75, 3.05) is 5.32 Å². The molecule has 2 aromatic rings. The highest BCUT2D eigenvalue weighted by Gasteiger charge is 2.09. The molecule has 1 aromatic heterocycles. The molecular weight excluding hydrogens is 300 g/mol. The molecule has 0 radical (unpaired) electrons. The number of hydrogen-bond acceptors (Lipinski definition) is 5. The number of esters is 1. The van der Waals surface area contributed by atoms with Gasteiger partial charge in [-0.25, -0.2) is 4.98 Å². The van der Waals surface area contributed by atoms with Gasteiger partial charge in [0.25, 0.3) is 5.91 Å². The Labute approximate surface area is 124 Å². The number of nitrogens with zero attached hydrogens (tertiary/aromatic N) is 1. The van der Waals surface area contributed by atoms with Crippen LogP contribution in [-0.4, -0.2) is 16.9 Å². The van der Waals surface area contributed by atoms with Crippen LogP contribution in [0, 0.1) is 0 Å². The van der Waals surface area contributed by atoms with Crippen molar-refractivity contribution in [2.45, 2.75) is 12.8 Å². The summed E-state index contributed by atoms with van der Waals surface area (Å²) in [5.74, 6) is 0.0184. The number of benzene rings is 1. The van der Waals surface area contributed by atoms with Gasteiger partial charge in [-0.05, 0) is 24.3 Å². The van der Waals surface area contributed by atoms with E-state index < -0.39 is 5.97 Å². The van der Waals surface area contributed by atoms with Crippen molar-refractivity contribution in [2.24, 2.45) is 0 Å². The zero-order valence-corrected chi connectivity index (χ0v) is 12.1. The average molecular weight is 311 g/mol. The van der Waals surface area contributed by atoms with Crippen LogP contribution in [0.25, 0.3) is 0 Å². The van der Waals surface area contributed by atoms with Crippen molar-refractivity contribution in [1.29, 1.82) is 0 Å². The Bertz CT molecular complexity index is 625. The van der Waals surface area contributed by atoms with Crippen molar-refractivity contribution < 1.29 is 14.3 Å². The van der Waals surface area contributed by atoms with Crippen molar-refractivity contribution in [3.8, 4) is 5.75 Å². The quantitative estimate of drug-likeness (QED) is 0.535. The minimum Gasteiger partial charge on any atom is -0.427 e. The number of hydrogen-bond donors (Lipinski definition) is 1. The monoisotopic (exact) mass is 310 g/mol. The summed E-state index contributed by atoms with van der Waals surface area (Å²) in [6.07, 6.45) is 0. The lowest BCUT2D eigenvalue weighted by Gasteiger charge is -2.04. The molecular formula is C13H11ClN2O3S. The van der Waals surface area contributed by atoms with E-state index in [-0.39, 0.29) is 5.91 Å². The van der Waals surface area contributed by atoms with E-state index in [0.717, 1.165) is 5.69 Å². The maximum absolute atomic E-state index is 12.0. The molecule has 0 spiro atoms. The average Bonchev–Trinajstić information content (AvgIpc) is 2.86. The molecule has 1 aromatic carbocycles. The van der Waals surface area contributed by atoms with Gasteiger partial charge in [-0.15, -0.1) is 22.9 Å². The molecule has 7 heteroatoms. The zero-order valence-electron chi connectivity index (χ0n) is 10.6. The Morgan fingerprint density at radius 1 is 1.35 bits per heavy atom. The number of halogens is 1. The van der Waals surface area contributed by atoms with E-state index in [9.17, 15) is 9.59 Å². The van der Waals surface area contributed by atoms with Gasteiger partial charge >= 0.3 is 5.97 Å². The predicted octanol–water partition coefficient (Wildman–Crippen LogP) is 3.06. The molecule has 2 rings (SSSR count). The first kappa shape index (κ1) is 14.5. The van der Waals surface area contributed by atoms with E-state index in [1.165, 1.54) is 18.3 Å². The largest absolute Gasteiger partial charge is 0.427 e. The Balaban J connectivity index is 2.03. The molecule has 1 heterocycles. The van der Waals surface area contributed by atoms with Crippen LogP contribution in [-0.2, 0) is 10.7 Å². The molecule has 0 unspecified atom stereocenters. The highest BCUT2D eigenvalue weighted by Crippen LogP contribution is 2.18. The first-order chi connectivity index (χ1) is 9.58. The smallest absolute Gasteiger partial charge is 0.308 e. The standard InChI is InChI=1S/C13H11ClN2O3S/c1-8(17)19-11-4-2-9(3-5-11)12(18)16-13-15-10(6-14)7-20-13/h2-5,7H,6H2,1H3,(H,15,16,18). The number of carbonyl (C=O) groups excluding carboxylic acids is 2. The molecule has 0 fully saturated rings. The third-order valence-corrected chi connectivity index (χ3v) is 3.37. The Morgan fingerprint density at radius 3 is 2.60 bits per heavy atom. The Morgan fingerprint density at radius 2 is 2.05 bits per heavy atom. The molecule has 0 aliphatic carbocycles. The number of amides is 1.